The van der Waals surface area contributed by atoms with E-state index in [1.165, 1.54) is 13.2 Å². The Morgan fingerprint density at radius 3 is 2.63 bits per heavy atom. The maximum absolute atomic E-state index is 13.9. The average molecular weight is 415 g/mol. The van der Waals surface area contributed by atoms with Crippen molar-refractivity contribution in [2.75, 3.05) is 45.4 Å². The fraction of sp³-hybridized carbons (Fsp3) is 0.409. The van der Waals surface area contributed by atoms with Crippen LogP contribution in [0.15, 0.2) is 36.4 Å². The van der Waals surface area contributed by atoms with Gasteiger partial charge >= 0.3 is 0 Å². The summed E-state index contributed by atoms with van der Waals surface area (Å²) in [4.78, 5) is 17.1. The quantitative estimate of drug-likeness (QED) is 0.783. The Labute approximate surface area is 175 Å². The first kappa shape index (κ1) is 20.4. The van der Waals surface area contributed by atoms with Crippen LogP contribution in [0.1, 0.15) is 12.5 Å². The van der Waals surface area contributed by atoms with Crippen LogP contribution in [-0.4, -0.2) is 61.8 Å². The van der Waals surface area contributed by atoms with E-state index in [-0.39, 0.29) is 30.3 Å². The number of fused-ring (bicyclic) bond motifs is 1. The summed E-state index contributed by atoms with van der Waals surface area (Å²) in [6, 6.07) is 10.2. The largest absolute Gasteiger partial charge is 0.494 e. The average Bonchev–Trinajstić information content (AvgIpc) is 3.22. The van der Waals surface area contributed by atoms with Crippen molar-refractivity contribution in [2.24, 2.45) is 0 Å². The molecule has 1 N–H and O–H groups in total. The number of methoxy groups -OCH3 is 1. The van der Waals surface area contributed by atoms with Crippen LogP contribution in [-0.2, 0) is 11.3 Å². The summed E-state index contributed by atoms with van der Waals surface area (Å²) in [5.41, 5.74) is 1.60. The van der Waals surface area contributed by atoms with Crippen molar-refractivity contribution < 1.29 is 23.4 Å². The van der Waals surface area contributed by atoms with Crippen molar-refractivity contribution in [1.82, 2.24) is 9.80 Å². The molecule has 2 aromatic carbocycles. The number of amides is 1. The minimum atomic E-state index is -0.345. The predicted molar refractivity (Wildman–Crippen MR) is 110 cm³/mol. The summed E-state index contributed by atoms with van der Waals surface area (Å²) in [6.07, 6.45) is 0. The van der Waals surface area contributed by atoms with Gasteiger partial charge in [0.25, 0.3) is 0 Å². The summed E-state index contributed by atoms with van der Waals surface area (Å²) in [6.45, 7) is 5.97. The molecule has 160 valence electrons. The first-order valence-electron chi connectivity index (χ1n) is 10.0. The molecule has 0 bridgehead atoms. The molecule has 2 heterocycles. The third-order valence-corrected chi connectivity index (χ3v) is 5.60. The third-order valence-electron chi connectivity index (χ3n) is 5.60. The molecule has 0 aromatic heterocycles. The van der Waals surface area contributed by atoms with Crippen LogP contribution in [0, 0.1) is 5.82 Å². The van der Waals surface area contributed by atoms with E-state index in [2.05, 4.69) is 15.1 Å². The van der Waals surface area contributed by atoms with E-state index in [1.807, 2.05) is 19.1 Å². The molecular formula is C22H26FN3O4. The molecular weight excluding hydrogens is 389 g/mol. The number of ether oxygens (including phenoxy) is 3. The molecule has 0 spiro atoms. The fourth-order valence-corrected chi connectivity index (χ4v) is 3.76. The molecule has 1 atom stereocenters. The van der Waals surface area contributed by atoms with E-state index in [9.17, 15) is 9.18 Å². The van der Waals surface area contributed by atoms with Gasteiger partial charge in [0, 0.05) is 44.5 Å². The van der Waals surface area contributed by atoms with Crippen LogP contribution < -0.4 is 19.5 Å². The lowest BCUT2D eigenvalue weighted by Crippen LogP contribution is -2.52. The molecule has 2 aliphatic heterocycles. The first-order valence-corrected chi connectivity index (χ1v) is 10.0. The number of nitrogens with one attached hydrogen (secondary N) is 1. The zero-order valence-corrected chi connectivity index (χ0v) is 17.2. The van der Waals surface area contributed by atoms with E-state index < -0.39 is 0 Å². The number of hydrogen-bond donors (Lipinski definition) is 1. The SMILES string of the molecule is COc1ccc(CN2CCN([C@H](C)C(=O)Nc3ccc4c(c3)OCO4)CC2)cc1F. The first-order chi connectivity index (χ1) is 14.5. The number of carbonyl (C=O) groups is 1. The van der Waals surface area contributed by atoms with E-state index in [0.29, 0.717) is 23.7 Å². The lowest BCUT2D eigenvalue weighted by atomic mass is 10.1. The molecule has 30 heavy (non-hydrogen) atoms. The maximum atomic E-state index is 13.9. The van der Waals surface area contributed by atoms with Gasteiger partial charge in [-0.3, -0.25) is 14.6 Å². The summed E-state index contributed by atoms with van der Waals surface area (Å²) in [5, 5.41) is 2.95. The summed E-state index contributed by atoms with van der Waals surface area (Å²) < 4.78 is 29.5. The monoisotopic (exact) mass is 415 g/mol. The van der Waals surface area contributed by atoms with Crippen molar-refractivity contribution in [3.05, 3.63) is 47.8 Å². The van der Waals surface area contributed by atoms with E-state index in [4.69, 9.17) is 14.2 Å². The van der Waals surface area contributed by atoms with Gasteiger partial charge in [0.15, 0.2) is 23.1 Å². The van der Waals surface area contributed by atoms with Crippen LogP contribution in [0.2, 0.25) is 0 Å². The van der Waals surface area contributed by atoms with Crippen LogP contribution in [0.5, 0.6) is 17.2 Å². The molecule has 8 heteroatoms. The van der Waals surface area contributed by atoms with Gasteiger partial charge in [-0.15, -0.1) is 0 Å². The van der Waals surface area contributed by atoms with E-state index in [0.717, 1.165) is 31.7 Å². The zero-order valence-electron chi connectivity index (χ0n) is 17.2. The molecule has 1 fully saturated rings. The topological polar surface area (TPSA) is 63.3 Å². The number of halogens is 1. The normalized spacial score (nSPS) is 17.6. The van der Waals surface area contributed by atoms with Gasteiger partial charge in [0.05, 0.1) is 13.2 Å². The van der Waals surface area contributed by atoms with Crippen molar-refractivity contribution >= 4 is 11.6 Å². The summed E-state index contributed by atoms with van der Waals surface area (Å²) in [7, 11) is 1.46. The second-order valence-electron chi connectivity index (χ2n) is 7.51. The second-order valence-corrected chi connectivity index (χ2v) is 7.51. The number of anilines is 1. The molecule has 2 aromatic rings. The van der Waals surface area contributed by atoms with Crippen LogP contribution >= 0.6 is 0 Å². The highest BCUT2D eigenvalue weighted by molar-refractivity contribution is 5.94. The number of carbonyl (C=O) groups excluding carboxylic acids is 1. The highest BCUT2D eigenvalue weighted by Crippen LogP contribution is 2.34. The Bertz CT molecular complexity index is 915. The zero-order chi connectivity index (χ0) is 21.1. The third kappa shape index (κ3) is 4.49. The van der Waals surface area contributed by atoms with Crippen molar-refractivity contribution in [3.63, 3.8) is 0 Å². The Morgan fingerprint density at radius 1 is 1.13 bits per heavy atom. The Kier molecular flexibility index (Phi) is 6.06. The number of hydrogen-bond acceptors (Lipinski definition) is 6. The minimum Gasteiger partial charge on any atom is -0.494 e. The van der Waals surface area contributed by atoms with Crippen LogP contribution in [0.25, 0.3) is 0 Å². The smallest absolute Gasteiger partial charge is 0.241 e. The van der Waals surface area contributed by atoms with Gasteiger partial charge in [0.2, 0.25) is 12.7 Å². The molecule has 0 aliphatic carbocycles. The standard InChI is InChI=1S/C22H26FN3O4/c1-15(22(27)24-17-4-6-20-21(12-17)30-14-29-20)26-9-7-25(8-10-26)13-16-3-5-19(28-2)18(23)11-16/h3-6,11-12,15H,7-10,13-14H2,1-2H3,(H,24,27)/t15-/m1/s1. The second kappa shape index (κ2) is 8.89. The van der Waals surface area contributed by atoms with Gasteiger partial charge in [-0.1, -0.05) is 6.07 Å². The molecule has 7 nitrogen and oxygen atoms in total. The molecule has 1 saturated heterocycles. The summed E-state index contributed by atoms with van der Waals surface area (Å²) >= 11 is 0. The number of piperazine rings is 1. The fourth-order valence-electron chi connectivity index (χ4n) is 3.76. The van der Waals surface area contributed by atoms with Crippen molar-refractivity contribution in [2.45, 2.75) is 19.5 Å². The lowest BCUT2D eigenvalue weighted by Gasteiger charge is -2.37. The molecule has 1 amide bonds. The summed E-state index contributed by atoms with van der Waals surface area (Å²) in [5.74, 6) is 1.19. The van der Waals surface area contributed by atoms with Crippen LogP contribution in [0.4, 0.5) is 10.1 Å². The van der Waals surface area contributed by atoms with Gasteiger partial charge in [-0.25, -0.2) is 4.39 Å². The van der Waals surface area contributed by atoms with Crippen LogP contribution in [0.3, 0.4) is 0 Å². The highest BCUT2D eigenvalue weighted by atomic mass is 19.1. The van der Waals surface area contributed by atoms with Gasteiger partial charge < -0.3 is 19.5 Å². The number of rotatable bonds is 6. The van der Waals surface area contributed by atoms with Crippen molar-refractivity contribution in [3.8, 4) is 17.2 Å². The van der Waals surface area contributed by atoms with Crippen molar-refractivity contribution in [1.29, 1.82) is 0 Å². The Morgan fingerprint density at radius 2 is 1.90 bits per heavy atom. The molecule has 2 aliphatic rings. The van der Waals surface area contributed by atoms with Gasteiger partial charge in [0.1, 0.15) is 0 Å². The van der Waals surface area contributed by atoms with E-state index >= 15 is 0 Å². The van der Waals surface area contributed by atoms with Gasteiger partial charge in [-0.2, -0.15) is 0 Å². The lowest BCUT2D eigenvalue weighted by molar-refractivity contribution is -0.121. The Balaban J connectivity index is 1.28. The molecule has 0 saturated carbocycles. The highest BCUT2D eigenvalue weighted by Gasteiger charge is 2.26. The van der Waals surface area contributed by atoms with Gasteiger partial charge in [-0.05, 0) is 36.8 Å². The minimum absolute atomic E-state index is 0.0560. The molecule has 0 unspecified atom stereocenters. The number of nitrogens with zero attached hydrogens (tertiary/aromatic N) is 2. The molecule has 0 radical (unpaired) electrons. The van der Waals surface area contributed by atoms with E-state index in [1.54, 1.807) is 18.2 Å². The predicted octanol–water partition coefficient (Wildman–Crippen LogP) is 2.71. The Hall–Kier alpha value is -2.84. The number of benzene rings is 2. The maximum Gasteiger partial charge on any atom is 0.241 e. The molecule has 4 rings (SSSR count).